The van der Waals surface area contributed by atoms with Gasteiger partial charge in [-0.25, -0.2) is 12.7 Å². The zero-order valence-corrected chi connectivity index (χ0v) is 13.2. The summed E-state index contributed by atoms with van der Waals surface area (Å²) in [6.07, 6.45) is 0. The van der Waals surface area contributed by atoms with Crippen LogP contribution in [0.2, 0.25) is 0 Å². The molecular formula is C16H17NO4S. The lowest BCUT2D eigenvalue weighted by Crippen LogP contribution is -2.36. The van der Waals surface area contributed by atoms with Crippen molar-refractivity contribution in [3.05, 3.63) is 60.2 Å². The summed E-state index contributed by atoms with van der Waals surface area (Å²) in [5, 5.41) is 0. The molecule has 0 saturated heterocycles. The highest BCUT2D eigenvalue weighted by Crippen LogP contribution is 2.15. The molecule has 0 radical (unpaired) electrons. The van der Waals surface area contributed by atoms with E-state index in [-0.39, 0.29) is 11.5 Å². The van der Waals surface area contributed by atoms with Crippen LogP contribution in [0, 0.1) is 6.92 Å². The summed E-state index contributed by atoms with van der Waals surface area (Å²) < 4.78 is 30.6. The number of carbonyl (C=O) groups excluding carboxylic acids is 1. The highest BCUT2D eigenvalue weighted by Gasteiger charge is 2.25. The van der Waals surface area contributed by atoms with Crippen molar-refractivity contribution in [1.29, 1.82) is 0 Å². The zero-order chi connectivity index (χ0) is 16.2. The van der Waals surface area contributed by atoms with E-state index in [1.54, 1.807) is 36.4 Å². The SMILES string of the molecule is Cc1cccc(OCC(=O)N(C)S(=O)(=O)c2ccccc2)c1. The first kappa shape index (κ1) is 16.0. The van der Waals surface area contributed by atoms with Gasteiger partial charge in [0, 0.05) is 7.05 Å². The van der Waals surface area contributed by atoms with E-state index in [1.165, 1.54) is 19.2 Å². The zero-order valence-electron chi connectivity index (χ0n) is 12.4. The van der Waals surface area contributed by atoms with Crippen molar-refractivity contribution in [2.75, 3.05) is 13.7 Å². The van der Waals surface area contributed by atoms with Gasteiger partial charge in [0.05, 0.1) is 4.90 Å². The molecule has 0 aromatic heterocycles. The lowest BCUT2D eigenvalue weighted by atomic mass is 10.2. The standard InChI is InChI=1S/C16H17NO4S/c1-13-7-6-8-14(11-13)21-12-16(18)17(2)22(19,20)15-9-4-3-5-10-15/h3-11H,12H2,1-2H3. The van der Waals surface area contributed by atoms with E-state index in [0.717, 1.165) is 5.56 Å². The lowest BCUT2D eigenvalue weighted by molar-refractivity contribution is -0.127. The predicted molar refractivity (Wildman–Crippen MR) is 83.1 cm³/mol. The number of sulfonamides is 1. The molecule has 0 aliphatic heterocycles. The van der Waals surface area contributed by atoms with Gasteiger partial charge >= 0.3 is 0 Å². The van der Waals surface area contributed by atoms with Crippen LogP contribution in [0.1, 0.15) is 5.56 Å². The van der Waals surface area contributed by atoms with Crippen LogP contribution in [0.4, 0.5) is 0 Å². The second-order valence-corrected chi connectivity index (χ2v) is 6.75. The van der Waals surface area contributed by atoms with E-state index in [4.69, 9.17) is 4.74 Å². The molecule has 0 aliphatic carbocycles. The molecule has 6 heteroatoms. The average molecular weight is 319 g/mol. The first-order valence-electron chi connectivity index (χ1n) is 6.67. The van der Waals surface area contributed by atoms with Gasteiger partial charge in [-0.15, -0.1) is 0 Å². The third kappa shape index (κ3) is 3.65. The summed E-state index contributed by atoms with van der Waals surface area (Å²) in [7, 11) is -2.62. The fourth-order valence-corrected chi connectivity index (χ4v) is 2.96. The monoisotopic (exact) mass is 319 g/mol. The summed E-state index contributed by atoms with van der Waals surface area (Å²) in [5.74, 6) is -0.107. The van der Waals surface area contributed by atoms with Crippen LogP contribution in [-0.4, -0.2) is 32.3 Å². The maximum atomic E-state index is 12.3. The largest absolute Gasteiger partial charge is 0.484 e. The minimum Gasteiger partial charge on any atom is -0.484 e. The molecule has 0 saturated carbocycles. The maximum Gasteiger partial charge on any atom is 0.273 e. The molecule has 0 unspecified atom stereocenters. The Morgan fingerprint density at radius 3 is 2.41 bits per heavy atom. The van der Waals surface area contributed by atoms with Crippen LogP contribution < -0.4 is 4.74 Å². The molecule has 2 aromatic rings. The van der Waals surface area contributed by atoms with Crippen molar-refractivity contribution >= 4 is 15.9 Å². The lowest BCUT2D eigenvalue weighted by Gasteiger charge is -2.17. The van der Waals surface area contributed by atoms with Crippen LogP contribution >= 0.6 is 0 Å². The Balaban J connectivity index is 2.06. The third-order valence-electron chi connectivity index (χ3n) is 3.10. The van der Waals surface area contributed by atoms with Crippen LogP contribution in [0.15, 0.2) is 59.5 Å². The summed E-state index contributed by atoms with van der Waals surface area (Å²) >= 11 is 0. The smallest absolute Gasteiger partial charge is 0.273 e. The maximum absolute atomic E-state index is 12.3. The molecule has 0 heterocycles. The van der Waals surface area contributed by atoms with E-state index < -0.39 is 15.9 Å². The number of ether oxygens (including phenoxy) is 1. The van der Waals surface area contributed by atoms with Gasteiger partial charge in [0.15, 0.2) is 6.61 Å². The number of nitrogens with zero attached hydrogens (tertiary/aromatic N) is 1. The Kier molecular flexibility index (Phi) is 4.82. The fourth-order valence-electron chi connectivity index (χ4n) is 1.83. The van der Waals surface area contributed by atoms with Gasteiger partial charge in [0.2, 0.25) is 0 Å². The van der Waals surface area contributed by atoms with Crippen LogP contribution in [0.5, 0.6) is 5.75 Å². The summed E-state index contributed by atoms with van der Waals surface area (Å²) in [6, 6.07) is 15.0. The first-order chi connectivity index (χ1) is 10.4. The van der Waals surface area contributed by atoms with Crippen molar-refractivity contribution in [2.45, 2.75) is 11.8 Å². The second kappa shape index (κ2) is 6.62. The number of carbonyl (C=O) groups is 1. The van der Waals surface area contributed by atoms with E-state index in [1.807, 2.05) is 13.0 Å². The normalized spacial score (nSPS) is 11.0. The molecule has 2 rings (SSSR count). The van der Waals surface area contributed by atoms with Crippen LogP contribution in [0.25, 0.3) is 0 Å². The quantitative estimate of drug-likeness (QED) is 0.848. The van der Waals surface area contributed by atoms with Crippen molar-refractivity contribution in [2.24, 2.45) is 0 Å². The second-order valence-electron chi connectivity index (χ2n) is 4.78. The number of aryl methyl sites for hydroxylation is 1. The van der Waals surface area contributed by atoms with E-state index in [9.17, 15) is 13.2 Å². The molecule has 0 atom stereocenters. The number of hydrogen-bond donors (Lipinski definition) is 0. The van der Waals surface area contributed by atoms with Gasteiger partial charge in [0.1, 0.15) is 5.75 Å². The fraction of sp³-hybridized carbons (Fsp3) is 0.188. The predicted octanol–water partition coefficient (Wildman–Crippen LogP) is 2.22. The van der Waals surface area contributed by atoms with Crippen LogP contribution in [0.3, 0.4) is 0 Å². The minimum absolute atomic E-state index is 0.0707. The Bertz CT molecular complexity index is 757. The number of rotatable bonds is 5. The topological polar surface area (TPSA) is 63.7 Å². The molecule has 0 aliphatic rings. The molecule has 2 aromatic carbocycles. The third-order valence-corrected chi connectivity index (χ3v) is 4.90. The minimum atomic E-state index is -3.85. The van der Waals surface area contributed by atoms with Crippen molar-refractivity contribution in [3.63, 3.8) is 0 Å². The molecular weight excluding hydrogens is 302 g/mol. The summed E-state index contributed by atoms with van der Waals surface area (Å²) in [6.45, 7) is 1.56. The number of hydrogen-bond acceptors (Lipinski definition) is 4. The Morgan fingerprint density at radius 1 is 1.09 bits per heavy atom. The van der Waals surface area contributed by atoms with Crippen molar-refractivity contribution in [3.8, 4) is 5.75 Å². The van der Waals surface area contributed by atoms with Gasteiger partial charge in [-0.3, -0.25) is 4.79 Å². The van der Waals surface area contributed by atoms with Crippen molar-refractivity contribution in [1.82, 2.24) is 4.31 Å². The molecule has 0 N–H and O–H groups in total. The van der Waals surface area contributed by atoms with Crippen molar-refractivity contribution < 1.29 is 17.9 Å². The highest BCUT2D eigenvalue weighted by atomic mass is 32.2. The first-order valence-corrected chi connectivity index (χ1v) is 8.11. The Labute approximate surface area is 130 Å². The highest BCUT2D eigenvalue weighted by molar-refractivity contribution is 7.89. The number of likely N-dealkylation sites (N-methyl/N-ethyl adjacent to an activating group) is 1. The van der Waals surface area contributed by atoms with E-state index in [2.05, 4.69) is 0 Å². The number of amides is 1. The number of benzene rings is 2. The van der Waals surface area contributed by atoms with Gasteiger partial charge < -0.3 is 4.74 Å². The molecule has 116 valence electrons. The average Bonchev–Trinajstić information content (AvgIpc) is 2.52. The molecule has 5 nitrogen and oxygen atoms in total. The summed E-state index contributed by atoms with van der Waals surface area (Å²) in [5.41, 5.74) is 0.996. The molecule has 0 bridgehead atoms. The van der Waals surface area contributed by atoms with E-state index in [0.29, 0.717) is 10.1 Å². The molecule has 1 amide bonds. The summed E-state index contributed by atoms with van der Waals surface area (Å²) in [4.78, 5) is 12.1. The van der Waals surface area contributed by atoms with E-state index >= 15 is 0 Å². The van der Waals surface area contributed by atoms with Gasteiger partial charge in [-0.2, -0.15) is 0 Å². The molecule has 22 heavy (non-hydrogen) atoms. The van der Waals surface area contributed by atoms with Crippen LogP contribution in [-0.2, 0) is 14.8 Å². The van der Waals surface area contributed by atoms with Gasteiger partial charge in [-0.1, -0.05) is 30.3 Å². The Hall–Kier alpha value is -2.34. The molecule has 0 spiro atoms. The Morgan fingerprint density at radius 2 is 1.77 bits per heavy atom. The van der Waals surface area contributed by atoms with Gasteiger partial charge in [0.25, 0.3) is 15.9 Å². The van der Waals surface area contributed by atoms with Gasteiger partial charge in [-0.05, 0) is 36.8 Å². The molecule has 0 fully saturated rings.